The Balaban J connectivity index is 2.31. The quantitative estimate of drug-likeness (QED) is 0.0479. The summed E-state index contributed by atoms with van der Waals surface area (Å²) in [7, 11) is -4.95. The van der Waals surface area contributed by atoms with Gasteiger partial charge in [-0.25, -0.2) is 14.2 Å². The van der Waals surface area contributed by atoms with E-state index >= 15 is 0 Å². The Kier molecular flexibility index (Phi) is 18.6. The lowest BCUT2D eigenvalue weighted by Gasteiger charge is -2.31. The van der Waals surface area contributed by atoms with Gasteiger partial charge in [0.15, 0.2) is 0 Å². The lowest BCUT2D eigenvalue weighted by molar-refractivity contribution is -0.192. The number of hydrogen-bond acceptors (Lipinski definition) is 9. The Morgan fingerprint density at radius 1 is 0.852 bits per heavy atom. The number of esters is 2. The van der Waals surface area contributed by atoms with Gasteiger partial charge in [-0.05, 0) is 80.2 Å². The predicted octanol–water partition coefficient (Wildman–Crippen LogP) is 7.49. The number of anilines is 3. The molecule has 0 aliphatic heterocycles. The lowest BCUT2D eigenvalue weighted by atomic mass is 9.92. The van der Waals surface area contributed by atoms with Crippen molar-refractivity contribution < 1.29 is 47.5 Å². The Bertz CT molecular complexity index is 1570. The average molecular weight is 777 g/mol. The van der Waals surface area contributed by atoms with Gasteiger partial charge in [-0.2, -0.15) is 0 Å². The van der Waals surface area contributed by atoms with Gasteiger partial charge in [0.1, 0.15) is 12.1 Å². The highest BCUT2D eigenvalue weighted by atomic mass is 31.2. The smallest absolute Gasteiger partial charge is 0.425 e. The van der Waals surface area contributed by atoms with Gasteiger partial charge in [0.2, 0.25) is 12.2 Å². The minimum atomic E-state index is -4.95. The summed E-state index contributed by atoms with van der Waals surface area (Å²) >= 11 is 0. The molecule has 0 saturated heterocycles. The molecule has 302 valence electrons. The van der Waals surface area contributed by atoms with E-state index in [0.29, 0.717) is 36.1 Å². The molecule has 0 radical (unpaired) electrons. The molecule has 14 nitrogen and oxygen atoms in total. The number of hydrogen-bond donors (Lipinski definition) is 5. The molecule has 0 aromatic heterocycles. The van der Waals surface area contributed by atoms with Crippen molar-refractivity contribution in [3.63, 3.8) is 0 Å². The number of phosphoric ester groups is 1. The fourth-order valence-corrected chi connectivity index (χ4v) is 6.26. The third-order valence-electron chi connectivity index (χ3n) is 8.39. The van der Waals surface area contributed by atoms with Crippen molar-refractivity contribution in [3.8, 4) is 0 Å². The van der Waals surface area contributed by atoms with Crippen LogP contribution in [0.3, 0.4) is 0 Å². The first-order valence-corrected chi connectivity index (χ1v) is 20.2. The summed E-state index contributed by atoms with van der Waals surface area (Å²) in [5.74, 6) is -2.45. The molecule has 5 N–H and O–H groups in total. The second-order valence-electron chi connectivity index (χ2n) is 14.8. The molecule has 0 fully saturated rings. The molecule has 0 bridgehead atoms. The summed E-state index contributed by atoms with van der Waals surface area (Å²) in [6.07, 6.45) is -1.54. The molecule has 2 unspecified atom stereocenters. The van der Waals surface area contributed by atoms with Gasteiger partial charge in [0.25, 0.3) is 0 Å². The van der Waals surface area contributed by atoms with E-state index in [-0.39, 0.29) is 18.8 Å². The number of phosphoric acid groups is 1. The number of nitrogens with one attached hydrogen (secondary N) is 3. The number of benzene rings is 2. The van der Waals surface area contributed by atoms with Crippen LogP contribution in [0.1, 0.15) is 105 Å². The normalized spacial score (nSPS) is 13.9. The third kappa shape index (κ3) is 16.2. The number of rotatable bonds is 21. The maximum Gasteiger partial charge on any atom is 0.470 e. The number of ether oxygens (including phenoxy) is 2. The maximum absolute atomic E-state index is 13.4. The largest absolute Gasteiger partial charge is 0.470 e. The molecule has 2 rings (SSSR count). The SMILES string of the molecule is CCCC(OC(=O)CC(CC)c1ccc(N(CC(C)C)CC(C)C)c(NC(=O)Nc2ccc(C)cc2)c1)OC(=O)[C@@H](NC(=O)[C@H](C)OP(=O)(O)O)C(C)C. The Labute approximate surface area is 320 Å². The van der Waals surface area contributed by atoms with Crippen LogP contribution in [0.5, 0.6) is 0 Å². The van der Waals surface area contributed by atoms with Crippen molar-refractivity contribution in [2.75, 3.05) is 28.6 Å². The molecule has 0 spiro atoms. The summed E-state index contributed by atoms with van der Waals surface area (Å²) < 4.78 is 26.8. The van der Waals surface area contributed by atoms with Gasteiger partial charge in [0.05, 0.1) is 17.8 Å². The molecule has 3 amide bonds. The van der Waals surface area contributed by atoms with Crippen molar-refractivity contribution in [2.24, 2.45) is 17.8 Å². The molecule has 15 heteroatoms. The van der Waals surface area contributed by atoms with Crippen LogP contribution in [0.4, 0.5) is 21.9 Å². The van der Waals surface area contributed by atoms with Gasteiger partial charge in [-0.3, -0.25) is 14.1 Å². The maximum atomic E-state index is 13.4. The summed E-state index contributed by atoms with van der Waals surface area (Å²) in [5.41, 5.74) is 4.01. The van der Waals surface area contributed by atoms with Gasteiger partial charge in [-0.15, -0.1) is 0 Å². The van der Waals surface area contributed by atoms with Crippen molar-refractivity contribution in [1.82, 2.24) is 5.32 Å². The molecular weight excluding hydrogens is 715 g/mol. The zero-order chi connectivity index (χ0) is 40.7. The fraction of sp³-hybridized carbons (Fsp3) is 0.590. The monoisotopic (exact) mass is 776 g/mol. The highest BCUT2D eigenvalue weighted by Gasteiger charge is 2.33. The second-order valence-corrected chi connectivity index (χ2v) is 16.0. The lowest BCUT2D eigenvalue weighted by Crippen LogP contribution is -2.49. The van der Waals surface area contributed by atoms with Gasteiger partial charge in [0, 0.05) is 25.2 Å². The van der Waals surface area contributed by atoms with Crippen LogP contribution < -0.4 is 20.9 Å². The van der Waals surface area contributed by atoms with E-state index in [1.165, 1.54) is 0 Å². The van der Waals surface area contributed by atoms with Crippen LogP contribution in [-0.4, -0.2) is 65.2 Å². The van der Waals surface area contributed by atoms with Crippen LogP contribution in [-0.2, 0) is 32.9 Å². The van der Waals surface area contributed by atoms with Gasteiger partial charge in [-0.1, -0.05) is 79.2 Å². The van der Waals surface area contributed by atoms with Crippen molar-refractivity contribution in [2.45, 2.75) is 119 Å². The van der Waals surface area contributed by atoms with Crippen LogP contribution in [0.15, 0.2) is 42.5 Å². The van der Waals surface area contributed by atoms with Crippen LogP contribution >= 0.6 is 7.82 Å². The van der Waals surface area contributed by atoms with E-state index in [1.54, 1.807) is 13.8 Å². The van der Waals surface area contributed by atoms with E-state index in [0.717, 1.165) is 36.8 Å². The Morgan fingerprint density at radius 3 is 1.98 bits per heavy atom. The molecule has 4 atom stereocenters. The van der Waals surface area contributed by atoms with Crippen LogP contribution in [0.25, 0.3) is 0 Å². The number of urea groups is 1. The first-order valence-electron chi connectivity index (χ1n) is 18.7. The molecule has 0 aliphatic rings. The fourth-order valence-electron chi connectivity index (χ4n) is 5.75. The van der Waals surface area contributed by atoms with Gasteiger partial charge < -0.3 is 40.1 Å². The Morgan fingerprint density at radius 2 is 1.46 bits per heavy atom. The second kappa shape index (κ2) is 21.8. The van der Waals surface area contributed by atoms with E-state index < -0.39 is 56.1 Å². The van der Waals surface area contributed by atoms with Crippen LogP contribution in [0, 0.1) is 24.7 Å². The molecule has 2 aromatic carbocycles. The Hall–Kier alpha value is -3.97. The minimum Gasteiger partial charge on any atom is -0.425 e. The first kappa shape index (κ1) is 46.2. The van der Waals surface area contributed by atoms with E-state index in [1.807, 2.05) is 63.2 Å². The number of aryl methyl sites for hydroxylation is 1. The highest BCUT2D eigenvalue weighted by Crippen LogP contribution is 2.37. The van der Waals surface area contributed by atoms with E-state index in [4.69, 9.17) is 19.3 Å². The highest BCUT2D eigenvalue weighted by molar-refractivity contribution is 7.46. The number of nitrogens with zero attached hydrogens (tertiary/aromatic N) is 1. The molecule has 0 aliphatic carbocycles. The topological polar surface area (TPSA) is 193 Å². The summed E-state index contributed by atoms with van der Waals surface area (Å²) in [6.45, 7) is 20.3. The molecule has 54 heavy (non-hydrogen) atoms. The number of carbonyl (C=O) groups excluding carboxylic acids is 4. The zero-order valence-corrected chi connectivity index (χ0v) is 34.3. The predicted molar refractivity (Wildman–Crippen MR) is 210 cm³/mol. The zero-order valence-electron chi connectivity index (χ0n) is 33.4. The first-order chi connectivity index (χ1) is 25.2. The molecular formula is C39H61N4O10P. The minimum absolute atomic E-state index is 0.0358. The van der Waals surface area contributed by atoms with Gasteiger partial charge >= 0.3 is 25.8 Å². The molecule has 0 saturated carbocycles. The average Bonchev–Trinajstić information content (AvgIpc) is 3.05. The molecule has 2 aromatic rings. The van der Waals surface area contributed by atoms with E-state index in [2.05, 4.69) is 53.1 Å². The van der Waals surface area contributed by atoms with E-state index in [9.17, 15) is 23.7 Å². The number of carbonyl (C=O) groups is 4. The summed E-state index contributed by atoms with van der Waals surface area (Å²) in [4.78, 5) is 72.8. The van der Waals surface area contributed by atoms with Crippen molar-refractivity contribution in [1.29, 1.82) is 0 Å². The summed E-state index contributed by atoms with van der Waals surface area (Å²) in [5, 5.41) is 8.37. The number of amides is 3. The van der Waals surface area contributed by atoms with Crippen LogP contribution in [0.2, 0.25) is 0 Å². The van der Waals surface area contributed by atoms with Crippen molar-refractivity contribution >= 4 is 48.8 Å². The molecule has 0 heterocycles. The standard InChI is InChI=1S/C39H61N4O10P/c1-11-13-35(52-38(46)36(26(7)8)42-37(45)28(10)53-54(48,49)50)51-34(44)21-29(12-2)30-16-19-33(43(22-24(3)4)23-25(5)6)32(20-30)41-39(47)40-31-17-14-27(9)15-18-31/h14-20,24-26,28-29,35-36H,11-13,21-23H2,1-10H3,(H,42,45)(H2,40,41,47)(H2,48,49,50)/t28-,29?,35?,36-/m0/s1. The third-order valence-corrected chi connectivity index (χ3v) is 8.98. The van der Waals surface area contributed by atoms with Crippen molar-refractivity contribution in [3.05, 3.63) is 53.6 Å². The summed E-state index contributed by atoms with van der Waals surface area (Å²) in [6, 6.07) is 11.7.